The van der Waals surface area contributed by atoms with Crippen LogP contribution in [-0.2, 0) is 0 Å². The monoisotopic (exact) mass is 312 g/mol. The van der Waals surface area contributed by atoms with E-state index in [0.717, 1.165) is 3.57 Å². The predicted molar refractivity (Wildman–Crippen MR) is 57.7 cm³/mol. The summed E-state index contributed by atoms with van der Waals surface area (Å²) in [5, 5.41) is 9.12. The van der Waals surface area contributed by atoms with Crippen LogP contribution in [0.1, 0.15) is 10.4 Å². The summed E-state index contributed by atoms with van der Waals surface area (Å²) in [5.74, 6) is -0.841. The van der Waals surface area contributed by atoms with Gasteiger partial charge in [0.1, 0.15) is 5.56 Å². The number of aromatic carboxylic acids is 1. The number of benzene rings is 1. The molecule has 0 radical (unpaired) electrons. The fourth-order valence-electron chi connectivity index (χ4n) is 0.927. The summed E-state index contributed by atoms with van der Waals surface area (Å²) in [4.78, 5) is 10.7. The van der Waals surface area contributed by atoms with Gasteiger partial charge in [0.15, 0.2) is 5.75 Å². The second kappa shape index (κ2) is 4.15. The van der Waals surface area contributed by atoms with Crippen LogP contribution in [0.15, 0.2) is 12.1 Å². The van der Waals surface area contributed by atoms with Gasteiger partial charge in [0.2, 0.25) is 0 Å². The number of hydrogen-bond acceptors (Lipinski definition) is 2. The largest absolute Gasteiger partial charge is 0.494 e. The van der Waals surface area contributed by atoms with Gasteiger partial charge in [-0.3, -0.25) is 0 Å². The Morgan fingerprint density at radius 2 is 2.23 bits per heavy atom. The van der Waals surface area contributed by atoms with Gasteiger partial charge >= 0.3 is 5.97 Å². The SMILES string of the molecule is COc1c(Cl)cc(I)cc1C(=O)O. The van der Waals surface area contributed by atoms with E-state index in [1.165, 1.54) is 13.2 Å². The molecule has 0 saturated heterocycles. The van der Waals surface area contributed by atoms with Crippen LogP contribution in [0, 0.1) is 3.57 Å². The van der Waals surface area contributed by atoms with Crippen molar-refractivity contribution in [2.75, 3.05) is 7.11 Å². The third kappa shape index (κ3) is 2.25. The molecule has 0 fully saturated rings. The van der Waals surface area contributed by atoms with Gasteiger partial charge in [-0.25, -0.2) is 4.79 Å². The van der Waals surface area contributed by atoms with Crippen molar-refractivity contribution in [3.05, 3.63) is 26.3 Å². The van der Waals surface area contributed by atoms with Gasteiger partial charge in [0, 0.05) is 3.57 Å². The molecule has 0 saturated carbocycles. The van der Waals surface area contributed by atoms with E-state index in [1.54, 1.807) is 6.07 Å². The lowest BCUT2D eigenvalue weighted by Crippen LogP contribution is -2.01. The van der Waals surface area contributed by atoms with E-state index < -0.39 is 5.97 Å². The first-order chi connectivity index (χ1) is 6.06. The first kappa shape index (κ1) is 10.6. The van der Waals surface area contributed by atoms with Crippen molar-refractivity contribution in [1.29, 1.82) is 0 Å². The van der Waals surface area contributed by atoms with Crippen molar-refractivity contribution < 1.29 is 14.6 Å². The average Bonchev–Trinajstić information content (AvgIpc) is 2.02. The van der Waals surface area contributed by atoms with Crippen LogP contribution in [0.4, 0.5) is 0 Å². The van der Waals surface area contributed by atoms with Crippen LogP contribution in [0.25, 0.3) is 0 Å². The Hall–Kier alpha value is -0.490. The number of rotatable bonds is 2. The molecule has 0 aliphatic heterocycles. The summed E-state index contributed by atoms with van der Waals surface area (Å²) in [6, 6.07) is 3.15. The zero-order chi connectivity index (χ0) is 10.0. The summed E-state index contributed by atoms with van der Waals surface area (Å²) < 4.78 is 5.64. The molecule has 0 aromatic heterocycles. The number of halogens is 2. The van der Waals surface area contributed by atoms with Gasteiger partial charge < -0.3 is 9.84 Å². The number of methoxy groups -OCH3 is 1. The van der Waals surface area contributed by atoms with Gasteiger partial charge in [-0.2, -0.15) is 0 Å². The van der Waals surface area contributed by atoms with E-state index in [-0.39, 0.29) is 11.3 Å². The Kier molecular flexibility index (Phi) is 3.38. The topological polar surface area (TPSA) is 46.5 Å². The van der Waals surface area contributed by atoms with Crippen molar-refractivity contribution in [2.24, 2.45) is 0 Å². The van der Waals surface area contributed by atoms with Gasteiger partial charge in [-0.05, 0) is 34.7 Å². The standard InChI is InChI=1S/C8H6ClIO3/c1-13-7-5(8(11)12)2-4(10)3-6(7)9/h2-3H,1H3,(H,11,12). The van der Waals surface area contributed by atoms with Crippen LogP contribution >= 0.6 is 34.2 Å². The highest BCUT2D eigenvalue weighted by Crippen LogP contribution is 2.30. The van der Waals surface area contributed by atoms with E-state index in [1.807, 2.05) is 22.6 Å². The minimum absolute atomic E-state index is 0.0828. The molecule has 0 amide bonds. The fourth-order valence-corrected chi connectivity index (χ4v) is 2.03. The molecule has 0 unspecified atom stereocenters. The summed E-state index contributed by atoms with van der Waals surface area (Å²) >= 11 is 7.78. The highest BCUT2D eigenvalue weighted by molar-refractivity contribution is 14.1. The van der Waals surface area contributed by atoms with Crippen molar-refractivity contribution >= 4 is 40.2 Å². The molecule has 5 heteroatoms. The lowest BCUT2D eigenvalue weighted by molar-refractivity contribution is 0.0693. The maximum absolute atomic E-state index is 10.7. The molecule has 0 spiro atoms. The van der Waals surface area contributed by atoms with Crippen molar-refractivity contribution in [2.45, 2.75) is 0 Å². The quantitative estimate of drug-likeness (QED) is 0.854. The molecule has 0 bridgehead atoms. The van der Waals surface area contributed by atoms with E-state index in [2.05, 4.69) is 0 Å². The van der Waals surface area contributed by atoms with Crippen LogP contribution in [0.2, 0.25) is 5.02 Å². The molecule has 1 aromatic rings. The lowest BCUT2D eigenvalue weighted by Gasteiger charge is -2.07. The number of ether oxygens (including phenoxy) is 1. The molecule has 1 N–H and O–H groups in total. The predicted octanol–water partition coefficient (Wildman–Crippen LogP) is 2.65. The normalized spacial score (nSPS) is 9.77. The van der Waals surface area contributed by atoms with Crippen LogP contribution < -0.4 is 4.74 Å². The van der Waals surface area contributed by atoms with Crippen LogP contribution in [0.3, 0.4) is 0 Å². The molecule has 0 aliphatic rings. The first-order valence-corrected chi connectivity index (χ1v) is 4.78. The van der Waals surface area contributed by atoms with Crippen molar-refractivity contribution in [1.82, 2.24) is 0 Å². The van der Waals surface area contributed by atoms with Gasteiger partial charge in [0.25, 0.3) is 0 Å². The molecular weight excluding hydrogens is 306 g/mol. The minimum atomic E-state index is -1.04. The average molecular weight is 312 g/mol. The van der Waals surface area contributed by atoms with Crippen molar-refractivity contribution in [3.63, 3.8) is 0 Å². The third-order valence-electron chi connectivity index (χ3n) is 1.44. The highest BCUT2D eigenvalue weighted by Gasteiger charge is 2.14. The number of carboxylic acids is 1. The molecule has 0 aliphatic carbocycles. The number of hydrogen-bond donors (Lipinski definition) is 1. The maximum atomic E-state index is 10.7. The minimum Gasteiger partial charge on any atom is -0.494 e. The summed E-state index contributed by atoms with van der Waals surface area (Å²) in [5.41, 5.74) is 0.0828. The maximum Gasteiger partial charge on any atom is 0.339 e. The third-order valence-corrected chi connectivity index (χ3v) is 2.35. The zero-order valence-electron chi connectivity index (χ0n) is 6.67. The van der Waals surface area contributed by atoms with Crippen LogP contribution in [0.5, 0.6) is 5.75 Å². The Balaban J connectivity index is 3.38. The molecule has 1 rings (SSSR count). The molecule has 0 heterocycles. The van der Waals surface area contributed by atoms with Gasteiger partial charge in [-0.1, -0.05) is 11.6 Å². The van der Waals surface area contributed by atoms with E-state index >= 15 is 0 Å². The fraction of sp³-hybridized carbons (Fsp3) is 0.125. The first-order valence-electron chi connectivity index (χ1n) is 3.32. The molecule has 0 atom stereocenters. The Bertz CT molecular complexity index is 351. The zero-order valence-corrected chi connectivity index (χ0v) is 9.59. The summed E-state index contributed by atoms with van der Waals surface area (Å²) in [7, 11) is 1.39. The number of carbonyl (C=O) groups is 1. The second-order valence-electron chi connectivity index (χ2n) is 2.27. The van der Waals surface area contributed by atoms with E-state index in [4.69, 9.17) is 21.4 Å². The van der Waals surface area contributed by atoms with Crippen LogP contribution in [-0.4, -0.2) is 18.2 Å². The molecule has 1 aromatic carbocycles. The molecular formula is C8H6ClIO3. The Morgan fingerprint density at radius 1 is 1.62 bits per heavy atom. The molecule has 13 heavy (non-hydrogen) atoms. The van der Waals surface area contributed by atoms with Gasteiger partial charge in [0.05, 0.1) is 12.1 Å². The highest BCUT2D eigenvalue weighted by atomic mass is 127. The Morgan fingerprint density at radius 3 is 2.69 bits per heavy atom. The summed E-state index contributed by atoms with van der Waals surface area (Å²) in [6.45, 7) is 0. The molecule has 3 nitrogen and oxygen atoms in total. The number of carboxylic acid groups (broad SMARTS) is 1. The Labute approximate surface area is 93.8 Å². The lowest BCUT2D eigenvalue weighted by atomic mass is 10.2. The second-order valence-corrected chi connectivity index (χ2v) is 3.93. The molecule has 70 valence electrons. The smallest absolute Gasteiger partial charge is 0.339 e. The van der Waals surface area contributed by atoms with E-state index in [9.17, 15) is 4.79 Å². The van der Waals surface area contributed by atoms with E-state index in [0.29, 0.717) is 5.02 Å². The van der Waals surface area contributed by atoms with Crippen molar-refractivity contribution in [3.8, 4) is 5.75 Å². The van der Waals surface area contributed by atoms with Gasteiger partial charge in [-0.15, -0.1) is 0 Å². The summed E-state index contributed by atoms with van der Waals surface area (Å²) in [6.07, 6.45) is 0.